The van der Waals surface area contributed by atoms with Gasteiger partial charge in [-0.15, -0.1) is 0 Å². The van der Waals surface area contributed by atoms with Crippen LogP contribution in [-0.2, 0) is 6.54 Å². The number of amides is 1. The van der Waals surface area contributed by atoms with Gasteiger partial charge in [0.15, 0.2) is 0 Å². The summed E-state index contributed by atoms with van der Waals surface area (Å²) in [6.07, 6.45) is 0. The lowest BCUT2D eigenvalue weighted by molar-refractivity contribution is 0.0787. The Balaban J connectivity index is 1.91. The molecule has 3 heteroatoms. The molecule has 0 heterocycles. The number of carbonyl (C=O) groups excluding carboxylic acids is 1. The average Bonchev–Trinajstić information content (AvgIpc) is 2.55. The lowest BCUT2D eigenvalue weighted by atomic mass is 10.0. The van der Waals surface area contributed by atoms with Crippen LogP contribution in [0.15, 0.2) is 71.2 Å². The molecule has 0 saturated heterocycles. The summed E-state index contributed by atoms with van der Waals surface area (Å²) in [5, 5.41) is 2.08. The van der Waals surface area contributed by atoms with Crippen molar-refractivity contribution in [2.75, 3.05) is 7.05 Å². The van der Waals surface area contributed by atoms with Gasteiger partial charge in [0, 0.05) is 23.6 Å². The van der Waals surface area contributed by atoms with Crippen molar-refractivity contribution in [3.05, 3.63) is 82.3 Å². The van der Waals surface area contributed by atoms with Crippen molar-refractivity contribution in [2.45, 2.75) is 6.54 Å². The monoisotopic (exact) mass is 353 g/mol. The van der Waals surface area contributed by atoms with Crippen LogP contribution in [0.2, 0.25) is 0 Å². The summed E-state index contributed by atoms with van der Waals surface area (Å²) in [6, 6.07) is 21.8. The van der Waals surface area contributed by atoms with Crippen LogP contribution in [0.3, 0.4) is 0 Å². The standard InChI is InChI=1S/C19H16BrNO/c1-21(13-15-8-3-5-12-18(15)20)19(22)17-11-6-9-14-7-2-4-10-16(14)17/h2-12H,13H2,1H3. The Kier molecular flexibility index (Phi) is 4.25. The van der Waals surface area contributed by atoms with E-state index in [9.17, 15) is 4.79 Å². The smallest absolute Gasteiger partial charge is 0.254 e. The Bertz CT molecular complexity index is 823. The van der Waals surface area contributed by atoms with Crippen molar-refractivity contribution >= 4 is 32.6 Å². The molecule has 1 amide bonds. The molecule has 2 nitrogen and oxygen atoms in total. The minimum Gasteiger partial charge on any atom is -0.337 e. The van der Waals surface area contributed by atoms with Crippen molar-refractivity contribution in [3.63, 3.8) is 0 Å². The van der Waals surface area contributed by atoms with Crippen molar-refractivity contribution < 1.29 is 4.79 Å². The first-order valence-corrected chi connectivity index (χ1v) is 7.93. The number of carbonyl (C=O) groups is 1. The van der Waals surface area contributed by atoms with Gasteiger partial charge in [-0.05, 0) is 28.5 Å². The molecule has 0 radical (unpaired) electrons. The number of rotatable bonds is 3. The van der Waals surface area contributed by atoms with E-state index in [0.29, 0.717) is 6.54 Å². The van der Waals surface area contributed by atoms with Gasteiger partial charge in [0.1, 0.15) is 0 Å². The maximum atomic E-state index is 12.8. The zero-order valence-corrected chi connectivity index (χ0v) is 13.9. The molecule has 0 aromatic heterocycles. The molecule has 0 bridgehead atoms. The molecule has 110 valence electrons. The molecule has 0 aliphatic rings. The average molecular weight is 354 g/mol. The zero-order valence-electron chi connectivity index (χ0n) is 12.3. The van der Waals surface area contributed by atoms with E-state index in [1.54, 1.807) is 4.90 Å². The molecule has 0 N–H and O–H groups in total. The molecule has 0 aliphatic carbocycles. The summed E-state index contributed by atoms with van der Waals surface area (Å²) in [5.41, 5.74) is 1.84. The highest BCUT2D eigenvalue weighted by atomic mass is 79.9. The largest absolute Gasteiger partial charge is 0.337 e. The fourth-order valence-corrected chi connectivity index (χ4v) is 2.98. The summed E-state index contributed by atoms with van der Waals surface area (Å²) in [5.74, 6) is 0.0348. The Hall–Kier alpha value is -2.13. The van der Waals surface area contributed by atoms with Gasteiger partial charge in [0.2, 0.25) is 0 Å². The first kappa shape index (κ1) is 14.8. The Labute approximate surface area is 138 Å². The minimum atomic E-state index is 0.0348. The summed E-state index contributed by atoms with van der Waals surface area (Å²) in [6.45, 7) is 0.573. The Morgan fingerprint density at radius 1 is 0.955 bits per heavy atom. The lowest BCUT2D eigenvalue weighted by Gasteiger charge is -2.19. The molecule has 0 aliphatic heterocycles. The van der Waals surface area contributed by atoms with Crippen molar-refractivity contribution in [3.8, 4) is 0 Å². The van der Waals surface area contributed by atoms with Crippen molar-refractivity contribution in [1.29, 1.82) is 0 Å². The summed E-state index contributed by atoms with van der Waals surface area (Å²) < 4.78 is 1.02. The molecule has 22 heavy (non-hydrogen) atoms. The van der Waals surface area contributed by atoms with Crippen LogP contribution in [0.1, 0.15) is 15.9 Å². The third-order valence-electron chi connectivity index (χ3n) is 3.73. The van der Waals surface area contributed by atoms with Gasteiger partial charge in [0.05, 0.1) is 0 Å². The predicted octanol–water partition coefficient (Wildman–Crippen LogP) is 4.87. The molecule has 3 rings (SSSR count). The fraction of sp³-hybridized carbons (Fsp3) is 0.105. The van der Waals surface area contributed by atoms with Gasteiger partial charge in [-0.3, -0.25) is 4.79 Å². The first-order valence-electron chi connectivity index (χ1n) is 7.13. The highest BCUT2D eigenvalue weighted by Gasteiger charge is 2.15. The fourth-order valence-electron chi connectivity index (χ4n) is 2.57. The highest BCUT2D eigenvalue weighted by Crippen LogP contribution is 2.22. The van der Waals surface area contributed by atoms with E-state index in [0.717, 1.165) is 26.4 Å². The van der Waals surface area contributed by atoms with Crippen LogP contribution in [0, 0.1) is 0 Å². The van der Waals surface area contributed by atoms with E-state index in [4.69, 9.17) is 0 Å². The Morgan fingerprint density at radius 2 is 1.64 bits per heavy atom. The van der Waals surface area contributed by atoms with Gasteiger partial charge in [0.25, 0.3) is 5.91 Å². The van der Waals surface area contributed by atoms with Gasteiger partial charge in [-0.25, -0.2) is 0 Å². The minimum absolute atomic E-state index is 0.0348. The van der Waals surface area contributed by atoms with Crippen LogP contribution >= 0.6 is 15.9 Å². The van der Waals surface area contributed by atoms with Crippen LogP contribution in [-0.4, -0.2) is 17.9 Å². The summed E-state index contributed by atoms with van der Waals surface area (Å²) in [7, 11) is 1.84. The quantitative estimate of drug-likeness (QED) is 0.657. The number of hydrogen-bond donors (Lipinski definition) is 0. The lowest BCUT2D eigenvalue weighted by Crippen LogP contribution is -2.26. The maximum Gasteiger partial charge on any atom is 0.254 e. The molecule has 0 saturated carbocycles. The van der Waals surface area contributed by atoms with E-state index in [2.05, 4.69) is 15.9 Å². The second kappa shape index (κ2) is 6.32. The van der Waals surface area contributed by atoms with E-state index >= 15 is 0 Å². The first-order chi connectivity index (χ1) is 10.7. The summed E-state index contributed by atoms with van der Waals surface area (Å²) in [4.78, 5) is 14.5. The van der Waals surface area contributed by atoms with E-state index in [-0.39, 0.29) is 5.91 Å². The number of benzene rings is 3. The van der Waals surface area contributed by atoms with Crippen LogP contribution < -0.4 is 0 Å². The van der Waals surface area contributed by atoms with Gasteiger partial charge < -0.3 is 4.90 Å². The SMILES string of the molecule is CN(Cc1ccccc1Br)C(=O)c1cccc2ccccc12. The number of hydrogen-bond acceptors (Lipinski definition) is 1. The van der Waals surface area contributed by atoms with E-state index < -0.39 is 0 Å². The topological polar surface area (TPSA) is 20.3 Å². The molecule has 0 atom stereocenters. The van der Waals surface area contributed by atoms with Crippen molar-refractivity contribution in [2.24, 2.45) is 0 Å². The predicted molar refractivity (Wildman–Crippen MR) is 93.9 cm³/mol. The number of nitrogens with zero attached hydrogens (tertiary/aromatic N) is 1. The second-order valence-electron chi connectivity index (χ2n) is 5.28. The molecular weight excluding hydrogens is 338 g/mol. The van der Waals surface area contributed by atoms with Crippen molar-refractivity contribution in [1.82, 2.24) is 4.90 Å². The molecule has 0 fully saturated rings. The van der Waals surface area contributed by atoms with Crippen LogP contribution in [0.5, 0.6) is 0 Å². The molecule has 0 spiro atoms. The van der Waals surface area contributed by atoms with E-state index in [1.165, 1.54) is 0 Å². The number of fused-ring (bicyclic) bond motifs is 1. The molecule has 0 unspecified atom stereocenters. The van der Waals surface area contributed by atoms with Crippen LogP contribution in [0.25, 0.3) is 10.8 Å². The molecule has 3 aromatic rings. The molecule has 3 aromatic carbocycles. The highest BCUT2D eigenvalue weighted by molar-refractivity contribution is 9.10. The van der Waals surface area contributed by atoms with Gasteiger partial charge in [-0.2, -0.15) is 0 Å². The van der Waals surface area contributed by atoms with Gasteiger partial charge >= 0.3 is 0 Å². The normalized spacial score (nSPS) is 10.6. The Morgan fingerprint density at radius 3 is 2.45 bits per heavy atom. The van der Waals surface area contributed by atoms with Crippen LogP contribution in [0.4, 0.5) is 0 Å². The molecular formula is C19H16BrNO. The maximum absolute atomic E-state index is 12.8. The van der Waals surface area contributed by atoms with E-state index in [1.807, 2.05) is 73.8 Å². The van der Waals surface area contributed by atoms with Gasteiger partial charge in [-0.1, -0.05) is 70.5 Å². The second-order valence-corrected chi connectivity index (χ2v) is 6.13. The third-order valence-corrected chi connectivity index (χ3v) is 4.51. The number of halogens is 1. The third kappa shape index (κ3) is 2.90. The summed E-state index contributed by atoms with van der Waals surface area (Å²) >= 11 is 3.53. The zero-order chi connectivity index (χ0) is 15.5.